The highest BCUT2D eigenvalue weighted by Gasteiger charge is 2.48. The molecule has 1 amide bonds. The van der Waals surface area contributed by atoms with E-state index in [1.54, 1.807) is 36.3 Å². The van der Waals surface area contributed by atoms with Gasteiger partial charge in [0.25, 0.3) is 5.91 Å². The zero-order chi connectivity index (χ0) is 27.7. The molecule has 1 aliphatic carbocycles. The maximum Gasteiger partial charge on any atom is 0.261 e. The van der Waals surface area contributed by atoms with Crippen molar-refractivity contribution >= 4 is 28.8 Å². The Morgan fingerprint density at radius 1 is 1.05 bits per heavy atom. The van der Waals surface area contributed by atoms with Crippen LogP contribution in [0.15, 0.2) is 71.7 Å². The molecule has 39 heavy (non-hydrogen) atoms. The van der Waals surface area contributed by atoms with Crippen LogP contribution in [-0.2, 0) is 4.79 Å². The maximum absolute atomic E-state index is 15.0. The smallest absolute Gasteiger partial charge is 0.261 e. The number of fused-ring (bicyclic) bond motifs is 2. The number of carbonyl (C=O) groups is 2. The van der Waals surface area contributed by atoms with Crippen molar-refractivity contribution in [3.63, 3.8) is 0 Å². The average molecular weight is 529 g/mol. The largest absolute Gasteiger partial charge is 0.493 e. The molecule has 0 bridgehead atoms. The molecule has 5 rings (SSSR count). The van der Waals surface area contributed by atoms with Crippen LogP contribution in [0, 0.1) is 17.2 Å². The van der Waals surface area contributed by atoms with Crippen LogP contribution in [0.2, 0.25) is 0 Å². The van der Waals surface area contributed by atoms with Gasteiger partial charge in [0.1, 0.15) is 11.6 Å². The van der Waals surface area contributed by atoms with Gasteiger partial charge in [0, 0.05) is 12.1 Å². The minimum atomic E-state index is -0.766. The fraction of sp³-hybridized carbons (Fsp3) is 0.344. The zero-order valence-corrected chi connectivity index (χ0v) is 22.7. The molecule has 2 aliphatic rings. The van der Waals surface area contributed by atoms with Crippen molar-refractivity contribution in [1.82, 2.24) is 0 Å². The minimum absolute atomic E-state index is 0.000541. The summed E-state index contributed by atoms with van der Waals surface area (Å²) in [6, 6.07) is 17.9. The number of anilines is 1. The number of rotatable bonds is 6. The van der Waals surface area contributed by atoms with Crippen molar-refractivity contribution in [2.24, 2.45) is 16.3 Å². The number of ketones is 1. The monoisotopic (exact) mass is 528 g/mol. The van der Waals surface area contributed by atoms with Crippen LogP contribution in [0.3, 0.4) is 0 Å². The molecule has 6 nitrogen and oxygen atoms in total. The molecule has 0 N–H and O–H groups in total. The summed E-state index contributed by atoms with van der Waals surface area (Å²) in [6.07, 6.45) is 1.78. The van der Waals surface area contributed by atoms with Gasteiger partial charge in [0.2, 0.25) is 0 Å². The number of Topliss-reactive ketones (excluding diaryl/α,β-unsaturated/α-hetero) is 1. The molecule has 7 heteroatoms. The van der Waals surface area contributed by atoms with Gasteiger partial charge < -0.3 is 9.47 Å². The number of carbonyl (C=O) groups excluding carboxylic acids is 2. The lowest BCUT2D eigenvalue weighted by atomic mass is 9.68. The van der Waals surface area contributed by atoms with E-state index in [-0.39, 0.29) is 16.8 Å². The molecule has 3 aromatic carbocycles. The second-order valence-electron chi connectivity index (χ2n) is 10.9. The molecule has 3 aromatic rings. The number of halogens is 1. The molecular formula is C32H33FN2O4. The summed E-state index contributed by atoms with van der Waals surface area (Å²) in [5, 5.41) is 0. The standard InChI is InChI=1S/C32H33FN2O4/c1-5-16-39-27-15-14-20(17-28(27)38-4)30-29-24(18-32(2,3)19-26(29)36)34-23-12-8-9-13-25(23)35(30)31(37)21-10-6-7-11-22(21)33/h6-15,17,29-30H,5,16,18-19H2,1-4H3. The molecule has 1 fully saturated rings. The van der Waals surface area contributed by atoms with Crippen LogP contribution in [0.1, 0.15) is 62.0 Å². The molecule has 1 saturated carbocycles. The van der Waals surface area contributed by atoms with Crippen LogP contribution in [0.25, 0.3) is 0 Å². The van der Waals surface area contributed by atoms with Gasteiger partial charge in [0.15, 0.2) is 11.5 Å². The number of nitrogens with zero attached hydrogens (tertiary/aromatic N) is 2. The van der Waals surface area contributed by atoms with Crippen LogP contribution in [-0.4, -0.2) is 31.1 Å². The van der Waals surface area contributed by atoms with E-state index in [1.165, 1.54) is 12.1 Å². The molecular weight excluding hydrogens is 495 g/mol. The molecule has 0 spiro atoms. The first kappa shape index (κ1) is 26.6. The Bertz CT molecular complexity index is 1450. The summed E-state index contributed by atoms with van der Waals surface area (Å²) in [5.41, 5.74) is 2.16. The Morgan fingerprint density at radius 2 is 1.79 bits per heavy atom. The van der Waals surface area contributed by atoms with E-state index in [1.807, 2.05) is 37.3 Å². The number of para-hydroxylation sites is 2. The molecule has 0 saturated heterocycles. The van der Waals surface area contributed by atoms with Gasteiger partial charge in [-0.15, -0.1) is 0 Å². The fourth-order valence-corrected chi connectivity index (χ4v) is 5.65. The van der Waals surface area contributed by atoms with E-state index in [4.69, 9.17) is 14.5 Å². The Kier molecular flexibility index (Phi) is 7.25. The Labute approximate surface area is 228 Å². The van der Waals surface area contributed by atoms with E-state index in [0.717, 1.165) is 12.1 Å². The summed E-state index contributed by atoms with van der Waals surface area (Å²) in [4.78, 5) is 34.7. The molecule has 0 radical (unpaired) electrons. The van der Waals surface area contributed by atoms with Crippen molar-refractivity contribution in [1.29, 1.82) is 0 Å². The van der Waals surface area contributed by atoms with Crippen LogP contribution >= 0.6 is 0 Å². The van der Waals surface area contributed by atoms with Crippen molar-refractivity contribution < 1.29 is 23.5 Å². The lowest BCUT2D eigenvalue weighted by Crippen LogP contribution is -2.47. The van der Waals surface area contributed by atoms with Crippen molar-refractivity contribution in [3.05, 3.63) is 83.7 Å². The number of methoxy groups -OCH3 is 1. The number of hydrogen-bond acceptors (Lipinski definition) is 5. The third kappa shape index (κ3) is 5.05. The van der Waals surface area contributed by atoms with Gasteiger partial charge in [-0.1, -0.05) is 51.1 Å². The van der Waals surface area contributed by atoms with E-state index >= 15 is 4.39 Å². The summed E-state index contributed by atoms with van der Waals surface area (Å²) in [6.45, 7) is 6.66. The van der Waals surface area contributed by atoms with Gasteiger partial charge in [-0.05, 0) is 60.2 Å². The first-order valence-electron chi connectivity index (χ1n) is 13.3. The molecule has 2 atom stereocenters. The predicted octanol–water partition coefficient (Wildman–Crippen LogP) is 7.10. The van der Waals surface area contributed by atoms with Crippen molar-refractivity contribution in [3.8, 4) is 11.5 Å². The summed E-state index contributed by atoms with van der Waals surface area (Å²) in [7, 11) is 1.56. The van der Waals surface area contributed by atoms with Crippen LogP contribution in [0.4, 0.5) is 15.8 Å². The van der Waals surface area contributed by atoms with Gasteiger partial charge in [0.05, 0.1) is 42.6 Å². The number of ether oxygens (including phenoxy) is 2. The summed E-state index contributed by atoms with van der Waals surface area (Å²) >= 11 is 0. The summed E-state index contributed by atoms with van der Waals surface area (Å²) < 4.78 is 26.6. The highest BCUT2D eigenvalue weighted by Crippen LogP contribution is 2.49. The quantitative estimate of drug-likeness (QED) is 0.342. The number of aliphatic imine (C=N–C) groups is 1. The molecule has 2 unspecified atom stereocenters. The lowest BCUT2D eigenvalue weighted by Gasteiger charge is -2.41. The molecule has 1 heterocycles. The van der Waals surface area contributed by atoms with E-state index < -0.39 is 23.7 Å². The normalized spacial score (nSPS) is 19.9. The molecule has 1 aliphatic heterocycles. The second kappa shape index (κ2) is 10.6. The van der Waals surface area contributed by atoms with Crippen molar-refractivity contribution in [2.75, 3.05) is 18.6 Å². The van der Waals surface area contributed by atoms with Crippen LogP contribution in [0.5, 0.6) is 11.5 Å². The Hall–Kier alpha value is -4.00. The zero-order valence-electron chi connectivity index (χ0n) is 22.7. The fourth-order valence-electron chi connectivity index (χ4n) is 5.65. The number of amides is 1. The minimum Gasteiger partial charge on any atom is -0.493 e. The SMILES string of the molecule is CCCOc1ccc(C2C3C(=O)CC(C)(C)CC3=Nc3ccccc3N2C(=O)c2ccccc2F)cc1OC. The number of benzene rings is 3. The lowest BCUT2D eigenvalue weighted by molar-refractivity contribution is -0.124. The van der Waals surface area contributed by atoms with Gasteiger partial charge >= 0.3 is 0 Å². The topological polar surface area (TPSA) is 68.2 Å². The van der Waals surface area contributed by atoms with E-state index in [9.17, 15) is 9.59 Å². The average Bonchev–Trinajstić information content (AvgIpc) is 3.05. The molecule has 202 valence electrons. The third-order valence-electron chi connectivity index (χ3n) is 7.33. The van der Waals surface area contributed by atoms with Gasteiger partial charge in [-0.2, -0.15) is 0 Å². The van der Waals surface area contributed by atoms with Gasteiger partial charge in [-0.3, -0.25) is 19.5 Å². The van der Waals surface area contributed by atoms with E-state index in [2.05, 4.69) is 13.8 Å². The third-order valence-corrected chi connectivity index (χ3v) is 7.33. The van der Waals surface area contributed by atoms with Crippen molar-refractivity contribution in [2.45, 2.75) is 46.1 Å². The Morgan fingerprint density at radius 3 is 2.54 bits per heavy atom. The highest BCUT2D eigenvalue weighted by molar-refractivity contribution is 6.15. The summed E-state index contributed by atoms with van der Waals surface area (Å²) in [5.74, 6) is -0.786. The number of hydrogen-bond donors (Lipinski definition) is 0. The van der Waals surface area contributed by atoms with Crippen LogP contribution < -0.4 is 14.4 Å². The second-order valence-corrected chi connectivity index (χ2v) is 10.9. The maximum atomic E-state index is 15.0. The predicted molar refractivity (Wildman–Crippen MR) is 150 cm³/mol. The molecule has 0 aromatic heterocycles. The first-order chi connectivity index (χ1) is 18.7. The first-order valence-corrected chi connectivity index (χ1v) is 13.3. The Balaban J connectivity index is 1.75. The van der Waals surface area contributed by atoms with Gasteiger partial charge in [-0.25, -0.2) is 4.39 Å². The highest BCUT2D eigenvalue weighted by atomic mass is 19.1. The van der Waals surface area contributed by atoms with E-state index in [0.29, 0.717) is 47.9 Å².